The molecule has 0 bridgehead atoms. The Hall–Kier alpha value is -0.470. The van der Waals surface area contributed by atoms with Gasteiger partial charge < -0.3 is 0 Å². The zero-order valence-corrected chi connectivity index (χ0v) is 17.2. The highest BCUT2D eigenvalue weighted by molar-refractivity contribution is 9.11. The van der Waals surface area contributed by atoms with Crippen LogP contribution in [-0.4, -0.2) is 0 Å². The molecule has 0 heterocycles. The lowest BCUT2D eigenvalue weighted by Crippen LogP contribution is -2.22. The number of hydrogen-bond donors (Lipinski definition) is 0. The highest BCUT2D eigenvalue weighted by Gasteiger charge is 2.21. The van der Waals surface area contributed by atoms with Crippen LogP contribution in [0.2, 0.25) is 0 Å². The lowest BCUT2D eigenvalue weighted by Gasteiger charge is -2.22. The van der Waals surface area contributed by atoms with Gasteiger partial charge in [-0.2, -0.15) is 0 Å². The molecule has 0 saturated carbocycles. The summed E-state index contributed by atoms with van der Waals surface area (Å²) in [6.45, 7) is 0. The van der Waals surface area contributed by atoms with Crippen molar-refractivity contribution < 1.29 is 0 Å². The Morgan fingerprint density at radius 3 is 1.41 bits per heavy atom. The van der Waals surface area contributed by atoms with E-state index in [1.807, 2.05) is 0 Å². The molecular formula is C18H12Br3P. The van der Waals surface area contributed by atoms with Gasteiger partial charge in [-0.3, -0.25) is 0 Å². The van der Waals surface area contributed by atoms with E-state index in [0.717, 1.165) is 13.4 Å². The van der Waals surface area contributed by atoms with E-state index in [1.54, 1.807) is 0 Å². The monoisotopic (exact) mass is 496 g/mol. The van der Waals surface area contributed by atoms with Crippen LogP contribution >= 0.6 is 55.7 Å². The fourth-order valence-corrected chi connectivity index (χ4v) is 7.94. The molecule has 0 unspecified atom stereocenters. The molecule has 4 heteroatoms. The number of benzene rings is 3. The zero-order valence-electron chi connectivity index (χ0n) is 11.5. The average Bonchev–Trinajstić information content (AvgIpc) is 2.52. The SMILES string of the molecule is Brc1cc(Br)c(P(c2ccccc2)c2ccccc2)c(Br)c1. The van der Waals surface area contributed by atoms with Crippen molar-refractivity contribution in [2.45, 2.75) is 0 Å². The highest BCUT2D eigenvalue weighted by Crippen LogP contribution is 2.39. The van der Waals surface area contributed by atoms with Crippen LogP contribution in [0.4, 0.5) is 0 Å². The fourth-order valence-electron chi connectivity index (χ4n) is 2.31. The van der Waals surface area contributed by atoms with Gasteiger partial charge in [-0.05, 0) is 30.7 Å². The first-order valence-electron chi connectivity index (χ1n) is 6.71. The molecule has 0 fully saturated rings. The van der Waals surface area contributed by atoms with Crippen molar-refractivity contribution in [3.05, 3.63) is 86.2 Å². The molecule has 0 atom stereocenters. The van der Waals surface area contributed by atoms with Crippen molar-refractivity contribution in [2.24, 2.45) is 0 Å². The summed E-state index contributed by atoms with van der Waals surface area (Å²) in [4.78, 5) is 0. The predicted octanol–water partition coefficient (Wildman–Crippen LogP) is 5.73. The van der Waals surface area contributed by atoms with E-state index in [-0.39, 0.29) is 0 Å². The Labute approximate surface area is 157 Å². The maximum absolute atomic E-state index is 3.75. The van der Waals surface area contributed by atoms with E-state index in [1.165, 1.54) is 15.9 Å². The summed E-state index contributed by atoms with van der Waals surface area (Å²) in [5.74, 6) is 0. The smallest absolute Gasteiger partial charge is 0.0281 e. The average molecular weight is 499 g/mol. The van der Waals surface area contributed by atoms with Gasteiger partial charge in [0.15, 0.2) is 0 Å². The van der Waals surface area contributed by atoms with Gasteiger partial charge in [-0.1, -0.05) is 108 Å². The number of halogens is 3. The van der Waals surface area contributed by atoms with E-state index >= 15 is 0 Å². The van der Waals surface area contributed by atoms with Gasteiger partial charge in [0.1, 0.15) is 0 Å². The third-order valence-electron chi connectivity index (χ3n) is 3.23. The Morgan fingerprint density at radius 1 is 0.591 bits per heavy atom. The van der Waals surface area contributed by atoms with E-state index in [0.29, 0.717) is 0 Å². The number of rotatable bonds is 3. The molecular weight excluding hydrogens is 487 g/mol. The molecule has 0 aliphatic carbocycles. The molecule has 0 amide bonds. The molecule has 0 radical (unpaired) electrons. The van der Waals surface area contributed by atoms with Gasteiger partial charge in [0.05, 0.1) is 0 Å². The summed E-state index contributed by atoms with van der Waals surface area (Å²) < 4.78 is 3.30. The third kappa shape index (κ3) is 3.54. The van der Waals surface area contributed by atoms with E-state index in [9.17, 15) is 0 Å². The van der Waals surface area contributed by atoms with E-state index in [4.69, 9.17) is 0 Å². The molecule has 3 aromatic carbocycles. The molecule has 0 aliphatic heterocycles. The van der Waals surface area contributed by atoms with Gasteiger partial charge in [0, 0.05) is 18.7 Å². The van der Waals surface area contributed by atoms with Crippen molar-refractivity contribution in [2.75, 3.05) is 0 Å². The maximum Gasteiger partial charge on any atom is 0.0281 e. The van der Waals surface area contributed by atoms with Crippen molar-refractivity contribution in [3.8, 4) is 0 Å². The quantitative estimate of drug-likeness (QED) is 0.404. The van der Waals surface area contributed by atoms with Crippen LogP contribution < -0.4 is 15.9 Å². The van der Waals surface area contributed by atoms with Gasteiger partial charge in [-0.25, -0.2) is 0 Å². The molecule has 0 aromatic heterocycles. The third-order valence-corrected chi connectivity index (χ3v) is 8.11. The summed E-state index contributed by atoms with van der Waals surface area (Å²) >= 11 is 11.1. The van der Waals surface area contributed by atoms with Gasteiger partial charge in [-0.15, -0.1) is 0 Å². The van der Waals surface area contributed by atoms with Crippen LogP contribution in [0.15, 0.2) is 86.2 Å². The fraction of sp³-hybridized carbons (Fsp3) is 0. The summed E-state index contributed by atoms with van der Waals surface area (Å²) in [6.07, 6.45) is 0. The van der Waals surface area contributed by atoms with Crippen LogP contribution in [-0.2, 0) is 0 Å². The Balaban J connectivity index is 2.24. The molecule has 0 N–H and O–H groups in total. The van der Waals surface area contributed by atoms with Crippen molar-refractivity contribution in [1.82, 2.24) is 0 Å². The van der Waals surface area contributed by atoms with Gasteiger partial charge >= 0.3 is 0 Å². The van der Waals surface area contributed by atoms with Crippen molar-refractivity contribution >= 4 is 71.6 Å². The second-order valence-electron chi connectivity index (χ2n) is 4.72. The first-order valence-corrected chi connectivity index (χ1v) is 10.4. The second-order valence-corrected chi connectivity index (χ2v) is 9.50. The summed E-state index contributed by atoms with van der Waals surface area (Å²) in [6, 6.07) is 25.6. The van der Waals surface area contributed by atoms with Crippen molar-refractivity contribution in [1.29, 1.82) is 0 Å². The van der Waals surface area contributed by atoms with Crippen LogP contribution in [0, 0.1) is 0 Å². The Bertz CT molecular complexity index is 710. The molecule has 0 saturated heterocycles. The van der Waals surface area contributed by atoms with Crippen LogP contribution in [0.1, 0.15) is 0 Å². The molecule has 3 aromatic rings. The zero-order chi connectivity index (χ0) is 15.5. The maximum atomic E-state index is 3.75. The van der Waals surface area contributed by atoms with Gasteiger partial charge in [0.2, 0.25) is 0 Å². The second kappa shape index (κ2) is 7.40. The van der Waals surface area contributed by atoms with Crippen molar-refractivity contribution in [3.63, 3.8) is 0 Å². The minimum atomic E-state index is -0.615. The molecule has 22 heavy (non-hydrogen) atoms. The molecule has 0 nitrogen and oxygen atoms in total. The first kappa shape index (κ1) is 16.4. The predicted molar refractivity (Wildman–Crippen MR) is 108 cm³/mol. The first-order chi connectivity index (χ1) is 10.7. The van der Waals surface area contributed by atoms with Crippen LogP contribution in [0.5, 0.6) is 0 Å². The minimum absolute atomic E-state index is 0.615. The summed E-state index contributed by atoms with van der Waals surface area (Å²) in [7, 11) is -0.615. The van der Waals surface area contributed by atoms with Crippen LogP contribution in [0.3, 0.4) is 0 Å². The minimum Gasteiger partial charge on any atom is -0.0622 e. The molecule has 3 rings (SSSR count). The topological polar surface area (TPSA) is 0 Å². The number of hydrogen-bond acceptors (Lipinski definition) is 0. The molecule has 0 spiro atoms. The van der Waals surface area contributed by atoms with E-state index in [2.05, 4.69) is 121 Å². The largest absolute Gasteiger partial charge is 0.0622 e. The normalized spacial score (nSPS) is 10.9. The highest BCUT2D eigenvalue weighted by atomic mass is 79.9. The lowest BCUT2D eigenvalue weighted by atomic mass is 10.3. The summed E-state index contributed by atoms with van der Waals surface area (Å²) in [5, 5.41) is 3.98. The lowest BCUT2D eigenvalue weighted by molar-refractivity contribution is 1.61. The van der Waals surface area contributed by atoms with Crippen LogP contribution in [0.25, 0.3) is 0 Å². The standard InChI is InChI=1S/C18H12Br3P/c19-13-11-16(20)18(17(21)12-13)22(14-7-3-1-4-8-14)15-9-5-2-6-10-15/h1-12H. The summed E-state index contributed by atoms with van der Waals surface area (Å²) in [5.41, 5.74) is 0. The Morgan fingerprint density at radius 2 is 1.00 bits per heavy atom. The van der Waals surface area contributed by atoms with Gasteiger partial charge in [0.25, 0.3) is 0 Å². The molecule has 110 valence electrons. The van der Waals surface area contributed by atoms with E-state index < -0.39 is 7.92 Å². The molecule has 0 aliphatic rings. The Kier molecular flexibility index (Phi) is 5.51.